The maximum atomic E-state index is 5.36. The molecule has 52 valence electrons. The highest BCUT2D eigenvalue weighted by atomic mass is 28.3. The summed E-state index contributed by atoms with van der Waals surface area (Å²) in [5, 5.41) is 0. The van der Waals surface area contributed by atoms with E-state index in [1.54, 1.807) is 0 Å². The smallest absolute Gasteiger partial charge is 0.381 e. The van der Waals surface area contributed by atoms with Gasteiger partial charge in [0.05, 0.1) is 6.26 Å². The number of rotatable bonds is 2. The molecule has 0 aromatic carbocycles. The first kappa shape index (κ1) is 6.83. The van der Waals surface area contributed by atoms with Gasteiger partial charge in [-0.2, -0.15) is 0 Å². The van der Waals surface area contributed by atoms with Crippen LogP contribution < -0.4 is 0 Å². The van der Waals surface area contributed by atoms with Gasteiger partial charge in [0.25, 0.3) is 0 Å². The van der Waals surface area contributed by atoms with Crippen molar-refractivity contribution in [3.8, 4) is 0 Å². The Balaban J connectivity index is 2.15. The Hall–Kier alpha value is -0.283. The van der Waals surface area contributed by atoms with Crippen LogP contribution in [-0.2, 0) is 8.85 Å². The molecule has 1 atom stereocenters. The molecule has 1 saturated heterocycles. The molecule has 1 aliphatic heterocycles. The lowest BCUT2D eigenvalue weighted by atomic mass is 10.4. The zero-order valence-electron chi connectivity index (χ0n) is 5.51. The largest absolute Gasteiger partial charge is 0.529 e. The van der Waals surface area contributed by atoms with E-state index < -0.39 is 9.28 Å². The zero-order chi connectivity index (χ0) is 6.53. The summed E-state index contributed by atoms with van der Waals surface area (Å²) in [7, 11) is -1.24. The minimum absolute atomic E-state index is 0.894. The van der Waals surface area contributed by atoms with Crippen LogP contribution in [0.5, 0.6) is 0 Å². The second kappa shape index (κ2) is 3.69. The van der Waals surface area contributed by atoms with Crippen LogP contribution in [0.3, 0.4) is 0 Å². The van der Waals surface area contributed by atoms with Gasteiger partial charge < -0.3 is 8.85 Å². The molecule has 3 heteroatoms. The van der Waals surface area contributed by atoms with Crippen molar-refractivity contribution in [1.29, 1.82) is 0 Å². The van der Waals surface area contributed by atoms with Gasteiger partial charge in [0.2, 0.25) is 0 Å². The Bertz CT molecular complexity index is 89.1. The maximum Gasteiger partial charge on any atom is 0.381 e. The summed E-state index contributed by atoms with van der Waals surface area (Å²) >= 11 is 0. The summed E-state index contributed by atoms with van der Waals surface area (Å²) in [6, 6.07) is 1.14. The summed E-state index contributed by atoms with van der Waals surface area (Å²) < 4.78 is 10.5. The van der Waals surface area contributed by atoms with Crippen molar-refractivity contribution in [3.05, 3.63) is 12.8 Å². The van der Waals surface area contributed by atoms with Gasteiger partial charge in [0.15, 0.2) is 0 Å². The second-order valence-corrected chi connectivity index (χ2v) is 4.14. The van der Waals surface area contributed by atoms with Crippen molar-refractivity contribution in [1.82, 2.24) is 0 Å². The van der Waals surface area contributed by atoms with E-state index in [2.05, 4.69) is 6.58 Å². The molecule has 1 fully saturated rings. The van der Waals surface area contributed by atoms with Crippen LogP contribution in [0.4, 0.5) is 0 Å². The van der Waals surface area contributed by atoms with E-state index in [9.17, 15) is 0 Å². The second-order valence-electron chi connectivity index (χ2n) is 2.10. The predicted molar refractivity (Wildman–Crippen MR) is 38.4 cm³/mol. The lowest BCUT2D eigenvalue weighted by Gasteiger charge is -2.19. The monoisotopic (exact) mass is 144 g/mol. The highest BCUT2D eigenvalue weighted by Crippen LogP contribution is 2.11. The number of hydrogen-bond donors (Lipinski definition) is 0. The molecule has 0 radical (unpaired) electrons. The molecular formula is C6H12O2Si. The third-order valence-corrected chi connectivity index (χ3v) is 3.37. The van der Waals surface area contributed by atoms with Crippen molar-refractivity contribution in [3.63, 3.8) is 0 Å². The van der Waals surface area contributed by atoms with Gasteiger partial charge >= 0.3 is 9.28 Å². The molecule has 0 amide bonds. The van der Waals surface area contributed by atoms with Gasteiger partial charge in [0, 0.05) is 6.61 Å². The Morgan fingerprint density at radius 2 is 2.44 bits per heavy atom. The fraction of sp³-hybridized carbons (Fsp3) is 0.667. The lowest BCUT2D eigenvalue weighted by molar-refractivity contribution is 0.221. The predicted octanol–water partition coefficient (Wildman–Crippen LogP) is 1.18. The van der Waals surface area contributed by atoms with Crippen molar-refractivity contribution in [2.45, 2.75) is 18.9 Å². The molecule has 0 aromatic heterocycles. The molecule has 1 unspecified atom stereocenters. The Morgan fingerprint density at radius 1 is 1.56 bits per heavy atom. The van der Waals surface area contributed by atoms with E-state index in [0.717, 1.165) is 12.7 Å². The van der Waals surface area contributed by atoms with E-state index in [-0.39, 0.29) is 0 Å². The molecule has 0 spiro atoms. The third-order valence-electron chi connectivity index (χ3n) is 1.39. The molecule has 1 rings (SSSR count). The quantitative estimate of drug-likeness (QED) is 0.428. The van der Waals surface area contributed by atoms with E-state index in [4.69, 9.17) is 8.85 Å². The van der Waals surface area contributed by atoms with Crippen LogP contribution in [-0.4, -0.2) is 15.9 Å². The van der Waals surface area contributed by atoms with Gasteiger partial charge in [0.1, 0.15) is 0 Å². The average Bonchev–Trinajstić information content (AvgIpc) is 1.91. The van der Waals surface area contributed by atoms with Gasteiger partial charge in [-0.1, -0.05) is 6.58 Å². The molecule has 0 N–H and O–H groups in total. The van der Waals surface area contributed by atoms with Crippen molar-refractivity contribution >= 4 is 9.28 Å². The molecular weight excluding hydrogens is 132 g/mol. The highest BCUT2D eigenvalue weighted by molar-refractivity contribution is 6.44. The summed E-state index contributed by atoms with van der Waals surface area (Å²) in [6.45, 7) is 4.38. The molecule has 1 aliphatic rings. The fourth-order valence-corrected chi connectivity index (χ4v) is 2.57. The minimum atomic E-state index is -1.24. The van der Waals surface area contributed by atoms with Crippen LogP contribution in [0.2, 0.25) is 6.04 Å². The summed E-state index contributed by atoms with van der Waals surface area (Å²) in [5.74, 6) is 0. The summed E-state index contributed by atoms with van der Waals surface area (Å²) in [4.78, 5) is 0. The van der Waals surface area contributed by atoms with E-state index >= 15 is 0 Å². The third kappa shape index (κ3) is 2.20. The standard InChI is InChI=1S/C6H12O2Si/c1-2-7-9-6-4-3-5-8-9/h2,9H,1,3-6H2. The topological polar surface area (TPSA) is 18.5 Å². The molecule has 0 bridgehead atoms. The SMILES string of the molecule is C=CO[SiH]1CCCCO1. The van der Waals surface area contributed by atoms with E-state index in [0.29, 0.717) is 0 Å². The minimum Gasteiger partial charge on any atom is -0.529 e. The first-order chi connectivity index (χ1) is 4.43. The van der Waals surface area contributed by atoms with Crippen molar-refractivity contribution in [2.75, 3.05) is 6.61 Å². The fourth-order valence-electron chi connectivity index (χ4n) is 0.926. The first-order valence-electron chi connectivity index (χ1n) is 3.31. The molecule has 0 aliphatic carbocycles. The normalized spacial score (nSPS) is 27.3. The van der Waals surface area contributed by atoms with Gasteiger partial charge in [-0.05, 0) is 18.9 Å². The summed E-state index contributed by atoms with van der Waals surface area (Å²) in [5.41, 5.74) is 0. The van der Waals surface area contributed by atoms with Gasteiger partial charge in [-0.3, -0.25) is 0 Å². The molecule has 9 heavy (non-hydrogen) atoms. The average molecular weight is 144 g/mol. The van der Waals surface area contributed by atoms with Crippen LogP contribution in [0.1, 0.15) is 12.8 Å². The zero-order valence-corrected chi connectivity index (χ0v) is 6.66. The molecule has 2 nitrogen and oxygen atoms in total. The van der Waals surface area contributed by atoms with Crippen molar-refractivity contribution in [2.24, 2.45) is 0 Å². The van der Waals surface area contributed by atoms with E-state index in [1.807, 2.05) is 0 Å². The summed E-state index contributed by atoms with van der Waals surface area (Å²) in [6.07, 6.45) is 3.97. The van der Waals surface area contributed by atoms with Gasteiger partial charge in [-0.25, -0.2) is 0 Å². The van der Waals surface area contributed by atoms with Crippen LogP contribution in [0, 0.1) is 0 Å². The van der Waals surface area contributed by atoms with Crippen LogP contribution in [0.15, 0.2) is 12.8 Å². The molecule has 1 heterocycles. The molecule has 0 aromatic rings. The lowest BCUT2D eigenvalue weighted by Crippen LogP contribution is -2.24. The Labute approximate surface area is 57.3 Å². The van der Waals surface area contributed by atoms with Crippen molar-refractivity contribution < 1.29 is 8.85 Å². The highest BCUT2D eigenvalue weighted by Gasteiger charge is 2.16. The Morgan fingerprint density at radius 3 is 3.00 bits per heavy atom. The van der Waals surface area contributed by atoms with E-state index in [1.165, 1.54) is 19.1 Å². The number of hydrogen-bond acceptors (Lipinski definition) is 2. The van der Waals surface area contributed by atoms with Gasteiger partial charge in [-0.15, -0.1) is 0 Å². The molecule has 0 saturated carbocycles. The van der Waals surface area contributed by atoms with Crippen LogP contribution >= 0.6 is 0 Å². The van der Waals surface area contributed by atoms with Crippen LogP contribution in [0.25, 0.3) is 0 Å². The maximum absolute atomic E-state index is 5.36. The first-order valence-corrected chi connectivity index (χ1v) is 5.07. The Kier molecular flexibility index (Phi) is 2.80.